The Balaban J connectivity index is 2.02. The first-order valence-corrected chi connectivity index (χ1v) is 6.61. The van der Waals surface area contributed by atoms with Gasteiger partial charge in [0.05, 0.1) is 5.56 Å². The molecule has 0 atom stereocenters. The zero-order chi connectivity index (χ0) is 16.6. The van der Waals surface area contributed by atoms with E-state index in [1.54, 1.807) is 30.3 Å². The van der Waals surface area contributed by atoms with Gasteiger partial charge in [0.2, 0.25) is 0 Å². The molecule has 0 aliphatic carbocycles. The second kappa shape index (κ2) is 5.72. The number of hydrogen-bond donors (Lipinski definition) is 1. The molecule has 6 heteroatoms. The molecule has 0 saturated heterocycles. The van der Waals surface area contributed by atoms with Crippen LogP contribution in [0.3, 0.4) is 0 Å². The third-order valence-corrected chi connectivity index (χ3v) is 3.39. The van der Waals surface area contributed by atoms with Crippen LogP contribution in [-0.4, -0.2) is 5.91 Å². The Bertz CT molecular complexity index is 919. The van der Waals surface area contributed by atoms with Crippen LogP contribution in [0.4, 0.5) is 23.2 Å². The van der Waals surface area contributed by atoms with E-state index in [9.17, 15) is 22.4 Å². The van der Waals surface area contributed by atoms with Gasteiger partial charge in [0.15, 0.2) is 23.3 Å². The molecular weight excluding hydrogens is 310 g/mol. The molecule has 0 heterocycles. The average Bonchev–Trinajstić information content (AvgIpc) is 2.56. The lowest BCUT2D eigenvalue weighted by Gasteiger charge is -2.10. The molecule has 0 saturated carbocycles. The van der Waals surface area contributed by atoms with Crippen LogP contribution < -0.4 is 5.32 Å². The number of benzene rings is 3. The van der Waals surface area contributed by atoms with Crippen molar-refractivity contribution in [3.63, 3.8) is 0 Å². The van der Waals surface area contributed by atoms with Gasteiger partial charge in [-0.1, -0.05) is 36.4 Å². The van der Waals surface area contributed by atoms with Crippen molar-refractivity contribution in [1.29, 1.82) is 0 Å². The third-order valence-electron chi connectivity index (χ3n) is 3.39. The van der Waals surface area contributed by atoms with Crippen molar-refractivity contribution < 1.29 is 22.4 Å². The summed E-state index contributed by atoms with van der Waals surface area (Å²) in [5.74, 6) is -8.41. The first-order chi connectivity index (χ1) is 11.0. The molecular formula is C17H9F4NO. The van der Waals surface area contributed by atoms with Crippen LogP contribution in [-0.2, 0) is 0 Å². The van der Waals surface area contributed by atoms with Crippen LogP contribution >= 0.6 is 0 Å². The van der Waals surface area contributed by atoms with Gasteiger partial charge in [0.1, 0.15) is 0 Å². The smallest absolute Gasteiger partial charge is 0.258 e. The fraction of sp³-hybridized carbons (Fsp3) is 0. The number of halogens is 4. The van der Waals surface area contributed by atoms with Crippen LogP contribution in [0, 0.1) is 23.3 Å². The molecule has 0 radical (unpaired) electrons. The van der Waals surface area contributed by atoms with Crippen LogP contribution in [0.15, 0.2) is 48.5 Å². The minimum absolute atomic E-state index is 0.328. The van der Waals surface area contributed by atoms with Gasteiger partial charge < -0.3 is 5.32 Å². The predicted octanol–water partition coefficient (Wildman–Crippen LogP) is 4.65. The van der Waals surface area contributed by atoms with Gasteiger partial charge >= 0.3 is 0 Å². The predicted molar refractivity (Wildman–Crippen MR) is 78.2 cm³/mol. The number of hydrogen-bond acceptors (Lipinski definition) is 1. The molecule has 0 aromatic heterocycles. The minimum atomic E-state index is -2.02. The number of amides is 1. The topological polar surface area (TPSA) is 29.1 Å². The highest BCUT2D eigenvalue weighted by atomic mass is 19.2. The van der Waals surface area contributed by atoms with E-state index in [4.69, 9.17) is 0 Å². The number of carbonyl (C=O) groups excluding carboxylic acids is 1. The molecule has 1 amide bonds. The average molecular weight is 319 g/mol. The van der Waals surface area contributed by atoms with E-state index in [2.05, 4.69) is 5.32 Å². The summed E-state index contributed by atoms with van der Waals surface area (Å²) in [7, 11) is 0. The number of rotatable bonds is 2. The Labute approximate surface area is 128 Å². The van der Waals surface area contributed by atoms with Gasteiger partial charge in [-0.25, -0.2) is 17.6 Å². The summed E-state index contributed by atoms with van der Waals surface area (Å²) in [6.07, 6.45) is 0. The van der Waals surface area contributed by atoms with Crippen molar-refractivity contribution >= 4 is 22.4 Å². The van der Waals surface area contributed by atoms with E-state index in [1.807, 2.05) is 12.1 Å². The largest absolute Gasteiger partial charge is 0.321 e. The lowest BCUT2D eigenvalue weighted by Crippen LogP contribution is -2.16. The Morgan fingerprint density at radius 3 is 2.30 bits per heavy atom. The van der Waals surface area contributed by atoms with E-state index < -0.39 is 34.7 Å². The summed E-state index contributed by atoms with van der Waals surface area (Å²) in [4.78, 5) is 12.1. The summed E-state index contributed by atoms with van der Waals surface area (Å²) >= 11 is 0. The fourth-order valence-corrected chi connectivity index (χ4v) is 2.26. The van der Waals surface area contributed by atoms with Gasteiger partial charge in [-0.15, -0.1) is 0 Å². The van der Waals surface area contributed by atoms with Gasteiger partial charge in [-0.2, -0.15) is 0 Å². The van der Waals surface area contributed by atoms with Gasteiger partial charge in [-0.05, 0) is 17.5 Å². The molecule has 3 aromatic carbocycles. The number of fused-ring (bicyclic) bond motifs is 1. The number of anilines is 1. The van der Waals surface area contributed by atoms with Crippen molar-refractivity contribution in [2.45, 2.75) is 0 Å². The highest BCUT2D eigenvalue weighted by Crippen LogP contribution is 2.25. The third kappa shape index (κ3) is 2.63. The molecule has 3 aromatic rings. The van der Waals surface area contributed by atoms with E-state index in [0.717, 1.165) is 5.39 Å². The monoisotopic (exact) mass is 319 g/mol. The first kappa shape index (κ1) is 15.0. The molecule has 3 rings (SSSR count). The molecule has 1 N–H and O–H groups in total. The van der Waals surface area contributed by atoms with E-state index >= 15 is 0 Å². The number of nitrogens with one attached hydrogen (secondary N) is 1. The molecule has 0 fully saturated rings. The second-order valence-electron chi connectivity index (χ2n) is 4.83. The molecule has 23 heavy (non-hydrogen) atoms. The highest BCUT2D eigenvalue weighted by Gasteiger charge is 2.23. The van der Waals surface area contributed by atoms with Crippen molar-refractivity contribution in [3.05, 3.63) is 77.4 Å². The Hall–Kier alpha value is -2.89. The maximum Gasteiger partial charge on any atom is 0.258 e. The summed E-state index contributed by atoms with van der Waals surface area (Å²) in [5, 5.41) is 3.88. The highest BCUT2D eigenvalue weighted by molar-refractivity contribution is 6.09. The van der Waals surface area contributed by atoms with Crippen LogP contribution in [0.5, 0.6) is 0 Å². The second-order valence-corrected chi connectivity index (χ2v) is 4.83. The Kier molecular flexibility index (Phi) is 3.73. The van der Waals surface area contributed by atoms with Crippen molar-refractivity contribution in [2.75, 3.05) is 5.32 Å². The van der Waals surface area contributed by atoms with Gasteiger partial charge in [0.25, 0.3) is 5.91 Å². The maximum absolute atomic E-state index is 13.7. The Morgan fingerprint density at radius 2 is 1.52 bits per heavy atom. The molecule has 0 aliphatic rings. The van der Waals surface area contributed by atoms with Crippen LogP contribution in [0.25, 0.3) is 10.8 Å². The van der Waals surface area contributed by atoms with E-state index in [1.165, 1.54) is 0 Å². The molecule has 0 spiro atoms. The van der Waals surface area contributed by atoms with Crippen LogP contribution in [0.2, 0.25) is 0 Å². The van der Waals surface area contributed by atoms with E-state index in [0.29, 0.717) is 17.1 Å². The lowest BCUT2D eigenvalue weighted by molar-refractivity contribution is 0.102. The fourth-order valence-electron chi connectivity index (χ4n) is 2.26. The molecule has 116 valence electrons. The summed E-state index contributed by atoms with van der Waals surface area (Å²) in [5.41, 5.74) is -0.563. The molecule has 0 bridgehead atoms. The number of carbonyl (C=O) groups is 1. The van der Waals surface area contributed by atoms with Crippen molar-refractivity contribution in [3.8, 4) is 0 Å². The normalized spacial score (nSPS) is 10.8. The Morgan fingerprint density at radius 1 is 0.826 bits per heavy atom. The minimum Gasteiger partial charge on any atom is -0.321 e. The summed E-state index contributed by atoms with van der Waals surface area (Å²) in [6.45, 7) is 0. The summed E-state index contributed by atoms with van der Waals surface area (Å²) < 4.78 is 53.1. The lowest BCUT2D eigenvalue weighted by atomic mass is 10.1. The maximum atomic E-state index is 13.7. The molecule has 0 aliphatic heterocycles. The molecule has 2 nitrogen and oxygen atoms in total. The zero-order valence-electron chi connectivity index (χ0n) is 11.5. The first-order valence-electron chi connectivity index (χ1n) is 6.61. The quantitative estimate of drug-likeness (QED) is 0.416. The standard InChI is InChI=1S/C17H9F4NO/c18-12-8-11(14(19)16(21)15(12)20)17(23)22-13-7-3-5-9-4-1-2-6-10(9)13/h1-8H,(H,22,23). The molecule has 0 unspecified atom stereocenters. The van der Waals surface area contributed by atoms with E-state index in [-0.39, 0.29) is 0 Å². The van der Waals surface area contributed by atoms with Crippen molar-refractivity contribution in [2.24, 2.45) is 0 Å². The SMILES string of the molecule is O=C(Nc1cccc2ccccc12)c1cc(F)c(F)c(F)c1F. The summed E-state index contributed by atoms with van der Waals surface area (Å²) in [6, 6.07) is 12.5. The van der Waals surface area contributed by atoms with Crippen LogP contribution in [0.1, 0.15) is 10.4 Å². The van der Waals surface area contributed by atoms with Gasteiger partial charge in [-0.3, -0.25) is 4.79 Å². The zero-order valence-corrected chi connectivity index (χ0v) is 11.5. The van der Waals surface area contributed by atoms with Crippen molar-refractivity contribution in [1.82, 2.24) is 0 Å². The van der Waals surface area contributed by atoms with Gasteiger partial charge in [0, 0.05) is 11.1 Å².